The Kier molecular flexibility index (Phi) is 2.99. The molecule has 1 N–H and O–H groups in total. The van der Waals surface area contributed by atoms with Crippen molar-refractivity contribution in [2.75, 3.05) is 0 Å². The predicted octanol–water partition coefficient (Wildman–Crippen LogP) is 3.37. The van der Waals surface area contributed by atoms with Crippen LogP contribution in [0.25, 0.3) is 5.69 Å². The minimum absolute atomic E-state index is 0.124. The first-order chi connectivity index (χ1) is 9.08. The summed E-state index contributed by atoms with van der Waals surface area (Å²) < 4.78 is 1.63. The van der Waals surface area contributed by atoms with Gasteiger partial charge in [-0.05, 0) is 37.5 Å². The minimum atomic E-state index is -0.998. The third-order valence-electron chi connectivity index (χ3n) is 3.27. The van der Waals surface area contributed by atoms with Crippen molar-refractivity contribution in [3.05, 3.63) is 45.2 Å². The highest BCUT2D eigenvalue weighted by molar-refractivity contribution is 6.35. The third kappa shape index (κ3) is 2.01. The van der Waals surface area contributed by atoms with Gasteiger partial charge in [-0.3, -0.25) is 0 Å². The Morgan fingerprint density at radius 1 is 1.32 bits per heavy atom. The Bertz CT molecular complexity index is 680. The summed E-state index contributed by atoms with van der Waals surface area (Å²) in [4.78, 5) is 11.2. The zero-order valence-electron chi connectivity index (χ0n) is 9.86. The predicted molar refractivity (Wildman–Crippen MR) is 72.6 cm³/mol. The van der Waals surface area contributed by atoms with E-state index < -0.39 is 5.97 Å². The van der Waals surface area contributed by atoms with Crippen LogP contribution in [0, 0.1) is 0 Å². The van der Waals surface area contributed by atoms with Gasteiger partial charge in [-0.25, -0.2) is 9.48 Å². The maximum atomic E-state index is 11.2. The smallest absolute Gasteiger partial charge is 0.356 e. The van der Waals surface area contributed by atoms with E-state index in [0.717, 1.165) is 30.5 Å². The number of aromatic nitrogens is 2. The van der Waals surface area contributed by atoms with Crippen LogP contribution in [0.1, 0.15) is 28.2 Å². The molecule has 1 aromatic heterocycles. The van der Waals surface area contributed by atoms with Gasteiger partial charge in [0, 0.05) is 16.3 Å². The summed E-state index contributed by atoms with van der Waals surface area (Å²) in [5, 5.41) is 14.4. The zero-order chi connectivity index (χ0) is 13.6. The molecule has 19 heavy (non-hydrogen) atoms. The summed E-state index contributed by atoms with van der Waals surface area (Å²) >= 11 is 12.0. The summed E-state index contributed by atoms with van der Waals surface area (Å²) in [5.41, 5.74) is 2.54. The van der Waals surface area contributed by atoms with E-state index in [-0.39, 0.29) is 5.69 Å². The van der Waals surface area contributed by atoms with E-state index in [9.17, 15) is 9.90 Å². The molecule has 3 rings (SSSR count). The van der Waals surface area contributed by atoms with E-state index in [2.05, 4.69) is 5.10 Å². The lowest BCUT2D eigenvalue weighted by Gasteiger charge is -2.07. The van der Waals surface area contributed by atoms with Crippen LogP contribution in [-0.2, 0) is 12.8 Å². The van der Waals surface area contributed by atoms with E-state index in [4.69, 9.17) is 23.2 Å². The van der Waals surface area contributed by atoms with Crippen molar-refractivity contribution in [2.45, 2.75) is 19.3 Å². The Morgan fingerprint density at radius 3 is 2.79 bits per heavy atom. The molecule has 0 atom stereocenters. The Balaban J connectivity index is 2.21. The highest BCUT2D eigenvalue weighted by Crippen LogP contribution is 2.31. The van der Waals surface area contributed by atoms with E-state index in [1.807, 2.05) is 0 Å². The summed E-state index contributed by atoms with van der Waals surface area (Å²) in [5.74, 6) is -0.998. The van der Waals surface area contributed by atoms with Crippen LogP contribution in [0.3, 0.4) is 0 Å². The topological polar surface area (TPSA) is 55.1 Å². The largest absolute Gasteiger partial charge is 0.476 e. The lowest BCUT2D eigenvalue weighted by Crippen LogP contribution is -2.05. The van der Waals surface area contributed by atoms with Gasteiger partial charge in [0.1, 0.15) is 0 Å². The lowest BCUT2D eigenvalue weighted by molar-refractivity contribution is 0.0689. The monoisotopic (exact) mass is 296 g/mol. The van der Waals surface area contributed by atoms with Crippen molar-refractivity contribution >= 4 is 29.2 Å². The number of carbonyl (C=O) groups is 1. The van der Waals surface area contributed by atoms with E-state index in [0.29, 0.717) is 15.7 Å². The first-order valence-corrected chi connectivity index (χ1v) is 6.63. The van der Waals surface area contributed by atoms with Gasteiger partial charge in [-0.2, -0.15) is 5.10 Å². The number of hydrogen-bond donors (Lipinski definition) is 1. The third-order valence-corrected chi connectivity index (χ3v) is 3.81. The average molecular weight is 297 g/mol. The summed E-state index contributed by atoms with van der Waals surface area (Å²) in [6.07, 6.45) is 2.51. The number of halogens is 2. The molecule has 4 nitrogen and oxygen atoms in total. The first kappa shape index (κ1) is 12.5. The zero-order valence-corrected chi connectivity index (χ0v) is 11.4. The molecule has 0 aliphatic heterocycles. The molecule has 2 aromatic rings. The number of fused-ring (bicyclic) bond motifs is 1. The number of carboxylic acid groups (broad SMARTS) is 1. The molecule has 0 fully saturated rings. The molecule has 0 spiro atoms. The van der Waals surface area contributed by atoms with E-state index in [1.165, 1.54) is 0 Å². The number of nitrogens with zero attached hydrogens (tertiary/aromatic N) is 2. The van der Waals surface area contributed by atoms with Crippen molar-refractivity contribution in [2.24, 2.45) is 0 Å². The van der Waals surface area contributed by atoms with Crippen molar-refractivity contribution in [3.8, 4) is 5.69 Å². The molecule has 1 aromatic carbocycles. The molecule has 98 valence electrons. The number of benzene rings is 1. The second kappa shape index (κ2) is 4.54. The molecule has 1 aliphatic carbocycles. The molecule has 1 heterocycles. The number of hydrogen-bond acceptors (Lipinski definition) is 2. The molecular formula is C13H10Cl2N2O2. The maximum absolute atomic E-state index is 11.2. The Hall–Kier alpha value is -1.52. The molecule has 0 amide bonds. The molecule has 0 saturated heterocycles. The summed E-state index contributed by atoms with van der Waals surface area (Å²) in [6.45, 7) is 0. The second-order valence-electron chi connectivity index (χ2n) is 4.44. The quantitative estimate of drug-likeness (QED) is 0.924. The lowest BCUT2D eigenvalue weighted by atomic mass is 10.2. The van der Waals surface area contributed by atoms with Crippen LogP contribution in [0.5, 0.6) is 0 Å². The average Bonchev–Trinajstić information content (AvgIpc) is 2.90. The summed E-state index contributed by atoms with van der Waals surface area (Å²) in [7, 11) is 0. The van der Waals surface area contributed by atoms with Gasteiger partial charge in [0.05, 0.1) is 10.7 Å². The van der Waals surface area contributed by atoms with Crippen molar-refractivity contribution in [1.82, 2.24) is 9.78 Å². The Morgan fingerprint density at radius 2 is 2.11 bits per heavy atom. The standard InChI is InChI=1S/C13H10Cl2N2O2/c14-7-4-5-11(9(15)6-7)17-10-3-1-2-8(10)12(16-17)13(18)19/h4-6H,1-3H2,(H,18,19). The number of aromatic carboxylic acids is 1. The normalized spacial score (nSPS) is 13.6. The van der Waals surface area contributed by atoms with E-state index in [1.54, 1.807) is 22.9 Å². The molecule has 6 heteroatoms. The highest BCUT2D eigenvalue weighted by atomic mass is 35.5. The fraction of sp³-hybridized carbons (Fsp3) is 0.231. The molecular weight excluding hydrogens is 287 g/mol. The van der Waals surface area contributed by atoms with Gasteiger partial charge in [-0.1, -0.05) is 23.2 Å². The summed E-state index contributed by atoms with van der Waals surface area (Å²) in [6, 6.07) is 5.09. The van der Waals surface area contributed by atoms with Gasteiger partial charge in [0.2, 0.25) is 0 Å². The van der Waals surface area contributed by atoms with Gasteiger partial charge < -0.3 is 5.11 Å². The van der Waals surface area contributed by atoms with Gasteiger partial charge in [0.25, 0.3) is 0 Å². The van der Waals surface area contributed by atoms with Crippen molar-refractivity contribution in [1.29, 1.82) is 0 Å². The molecule has 0 unspecified atom stereocenters. The van der Waals surface area contributed by atoms with Crippen LogP contribution in [0.2, 0.25) is 10.0 Å². The van der Waals surface area contributed by atoms with Crippen molar-refractivity contribution < 1.29 is 9.90 Å². The molecule has 0 saturated carbocycles. The maximum Gasteiger partial charge on any atom is 0.356 e. The van der Waals surface area contributed by atoms with Crippen LogP contribution >= 0.6 is 23.2 Å². The number of rotatable bonds is 2. The van der Waals surface area contributed by atoms with Gasteiger partial charge in [-0.15, -0.1) is 0 Å². The first-order valence-electron chi connectivity index (χ1n) is 5.87. The van der Waals surface area contributed by atoms with Crippen LogP contribution in [-0.4, -0.2) is 20.9 Å². The highest BCUT2D eigenvalue weighted by Gasteiger charge is 2.27. The molecule has 1 aliphatic rings. The van der Waals surface area contributed by atoms with Gasteiger partial charge >= 0.3 is 5.97 Å². The Labute approximate surface area is 119 Å². The fourth-order valence-corrected chi connectivity index (χ4v) is 2.95. The SMILES string of the molecule is O=C(O)c1nn(-c2ccc(Cl)cc2Cl)c2c1CCC2. The second-order valence-corrected chi connectivity index (χ2v) is 5.28. The van der Waals surface area contributed by atoms with Gasteiger partial charge in [0.15, 0.2) is 5.69 Å². The van der Waals surface area contributed by atoms with Crippen LogP contribution in [0.15, 0.2) is 18.2 Å². The number of carboxylic acids is 1. The van der Waals surface area contributed by atoms with Crippen LogP contribution < -0.4 is 0 Å². The fourth-order valence-electron chi connectivity index (χ4n) is 2.46. The minimum Gasteiger partial charge on any atom is -0.476 e. The molecule has 0 radical (unpaired) electrons. The molecule has 0 bridgehead atoms. The van der Waals surface area contributed by atoms with E-state index >= 15 is 0 Å². The van der Waals surface area contributed by atoms with Crippen LogP contribution in [0.4, 0.5) is 0 Å². The van der Waals surface area contributed by atoms with Crippen molar-refractivity contribution in [3.63, 3.8) is 0 Å².